The second-order valence-electron chi connectivity index (χ2n) is 4.05. The van der Waals surface area contributed by atoms with E-state index in [2.05, 4.69) is 21.2 Å². The van der Waals surface area contributed by atoms with Crippen LogP contribution in [0.5, 0.6) is 5.75 Å². The van der Waals surface area contributed by atoms with Crippen LogP contribution in [-0.4, -0.2) is 13.7 Å². The summed E-state index contributed by atoms with van der Waals surface area (Å²) in [4.78, 5) is 1.08. The minimum absolute atomic E-state index is 0.132. The molecule has 0 aliphatic carbocycles. The van der Waals surface area contributed by atoms with Crippen molar-refractivity contribution in [2.75, 3.05) is 13.7 Å². The quantitative estimate of drug-likeness (QED) is 0.870. The van der Waals surface area contributed by atoms with Gasteiger partial charge in [-0.15, -0.1) is 11.3 Å². The molecule has 1 unspecified atom stereocenters. The molecule has 0 aliphatic heterocycles. The largest absolute Gasteiger partial charge is 0.497 e. The lowest BCUT2D eigenvalue weighted by Gasteiger charge is -2.18. The first-order valence-corrected chi connectivity index (χ1v) is 7.63. The molecular formula is C14H15BrFNOS. The molecule has 0 fully saturated rings. The van der Waals surface area contributed by atoms with Gasteiger partial charge in [0.2, 0.25) is 0 Å². The molecule has 0 spiro atoms. The van der Waals surface area contributed by atoms with Gasteiger partial charge < -0.3 is 10.1 Å². The second-order valence-corrected chi connectivity index (χ2v) is 5.90. The lowest BCUT2D eigenvalue weighted by atomic mass is 10.0. The van der Waals surface area contributed by atoms with Crippen LogP contribution < -0.4 is 10.1 Å². The summed E-state index contributed by atoms with van der Waals surface area (Å²) < 4.78 is 20.2. The van der Waals surface area contributed by atoms with Gasteiger partial charge in [0.15, 0.2) is 0 Å². The lowest BCUT2D eigenvalue weighted by Crippen LogP contribution is -2.22. The third-order valence-electron chi connectivity index (χ3n) is 2.80. The van der Waals surface area contributed by atoms with E-state index in [4.69, 9.17) is 4.74 Å². The molecule has 0 radical (unpaired) electrons. The number of hydrogen-bond acceptors (Lipinski definition) is 3. The standard InChI is InChI=1S/C14H15BrFNOS/c1-3-17-14(13-6-9(15)8-19-13)11-5-4-10(18-2)7-12(11)16/h4-8,14,17H,3H2,1-2H3. The lowest BCUT2D eigenvalue weighted by molar-refractivity contribution is 0.410. The number of methoxy groups -OCH3 is 1. The van der Waals surface area contributed by atoms with E-state index in [0.29, 0.717) is 11.3 Å². The van der Waals surface area contributed by atoms with Crippen molar-refractivity contribution in [2.24, 2.45) is 0 Å². The zero-order valence-corrected chi connectivity index (χ0v) is 13.1. The Kier molecular flexibility index (Phi) is 4.96. The monoisotopic (exact) mass is 343 g/mol. The van der Waals surface area contributed by atoms with E-state index < -0.39 is 0 Å². The molecule has 0 aliphatic rings. The molecule has 5 heteroatoms. The summed E-state index contributed by atoms with van der Waals surface area (Å²) in [7, 11) is 1.53. The Morgan fingerprint density at radius 2 is 2.21 bits per heavy atom. The summed E-state index contributed by atoms with van der Waals surface area (Å²) in [5.41, 5.74) is 0.636. The van der Waals surface area contributed by atoms with Gasteiger partial charge >= 0.3 is 0 Å². The highest BCUT2D eigenvalue weighted by Crippen LogP contribution is 2.32. The average molecular weight is 344 g/mol. The molecule has 1 atom stereocenters. The van der Waals surface area contributed by atoms with Crippen LogP contribution in [0.4, 0.5) is 4.39 Å². The third kappa shape index (κ3) is 3.35. The molecule has 0 saturated carbocycles. The summed E-state index contributed by atoms with van der Waals surface area (Å²) >= 11 is 5.04. The Balaban J connectivity index is 2.39. The van der Waals surface area contributed by atoms with Crippen LogP contribution in [0.2, 0.25) is 0 Å². The predicted octanol–water partition coefficient (Wildman–Crippen LogP) is 4.36. The van der Waals surface area contributed by atoms with Gasteiger partial charge in [0, 0.05) is 26.4 Å². The molecule has 102 valence electrons. The van der Waals surface area contributed by atoms with E-state index in [1.165, 1.54) is 13.2 Å². The number of halogens is 2. The van der Waals surface area contributed by atoms with Crippen molar-refractivity contribution in [1.82, 2.24) is 5.32 Å². The predicted molar refractivity (Wildman–Crippen MR) is 80.5 cm³/mol. The van der Waals surface area contributed by atoms with E-state index in [1.54, 1.807) is 23.5 Å². The van der Waals surface area contributed by atoms with Gasteiger partial charge in [-0.05, 0) is 34.6 Å². The molecule has 0 bridgehead atoms. The third-order valence-corrected chi connectivity index (χ3v) is 4.56. The summed E-state index contributed by atoms with van der Waals surface area (Å²) in [6, 6.07) is 6.86. The fourth-order valence-corrected chi connectivity index (χ4v) is 3.45. The molecule has 0 amide bonds. The molecule has 1 heterocycles. The van der Waals surface area contributed by atoms with E-state index in [-0.39, 0.29) is 11.9 Å². The molecule has 2 aromatic rings. The van der Waals surface area contributed by atoms with Crippen LogP contribution >= 0.6 is 27.3 Å². The zero-order chi connectivity index (χ0) is 13.8. The second kappa shape index (κ2) is 6.50. The molecule has 1 aromatic carbocycles. The highest BCUT2D eigenvalue weighted by molar-refractivity contribution is 9.10. The van der Waals surface area contributed by atoms with Crippen LogP contribution in [0.1, 0.15) is 23.4 Å². The highest BCUT2D eigenvalue weighted by atomic mass is 79.9. The number of thiophene rings is 1. The van der Waals surface area contributed by atoms with Crippen LogP contribution in [0.25, 0.3) is 0 Å². The Morgan fingerprint density at radius 1 is 1.42 bits per heavy atom. The van der Waals surface area contributed by atoms with Gasteiger partial charge in [-0.2, -0.15) is 0 Å². The first-order chi connectivity index (χ1) is 9.15. The average Bonchev–Trinajstić information content (AvgIpc) is 2.83. The van der Waals surface area contributed by atoms with Crippen molar-refractivity contribution in [3.05, 3.63) is 50.4 Å². The van der Waals surface area contributed by atoms with Gasteiger partial charge in [-0.3, -0.25) is 0 Å². The van der Waals surface area contributed by atoms with Gasteiger partial charge in [0.05, 0.1) is 13.2 Å². The van der Waals surface area contributed by atoms with Crippen molar-refractivity contribution in [2.45, 2.75) is 13.0 Å². The van der Waals surface area contributed by atoms with Crippen molar-refractivity contribution >= 4 is 27.3 Å². The Bertz CT molecular complexity index is 558. The van der Waals surface area contributed by atoms with E-state index in [9.17, 15) is 4.39 Å². The maximum atomic E-state index is 14.2. The number of benzene rings is 1. The Morgan fingerprint density at radius 3 is 2.74 bits per heavy atom. The molecule has 0 saturated heterocycles. The number of rotatable bonds is 5. The summed E-state index contributed by atoms with van der Waals surface area (Å²) in [5.74, 6) is 0.277. The fraction of sp³-hybridized carbons (Fsp3) is 0.286. The van der Waals surface area contributed by atoms with Gasteiger partial charge in [0.1, 0.15) is 11.6 Å². The SMILES string of the molecule is CCNC(c1cc(Br)cs1)c1ccc(OC)cc1F. The first kappa shape index (κ1) is 14.5. The minimum Gasteiger partial charge on any atom is -0.497 e. The molecule has 19 heavy (non-hydrogen) atoms. The number of nitrogens with one attached hydrogen (secondary N) is 1. The Hall–Kier alpha value is -0.910. The fourth-order valence-electron chi connectivity index (χ4n) is 1.92. The van der Waals surface area contributed by atoms with Gasteiger partial charge in [-0.1, -0.05) is 13.0 Å². The molecular weight excluding hydrogens is 329 g/mol. The minimum atomic E-state index is -0.255. The van der Waals surface area contributed by atoms with Crippen LogP contribution in [-0.2, 0) is 0 Å². The topological polar surface area (TPSA) is 21.3 Å². The van der Waals surface area contributed by atoms with Crippen molar-refractivity contribution in [3.63, 3.8) is 0 Å². The van der Waals surface area contributed by atoms with Crippen LogP contribution in [0.15, 0.2) is 34.1 Å². The smallest absolute Gasteiger partial charge is 0.132 e. The molecule has 2 nitrogen and oxygen atoms in total. The number of hydrogen-bond donors (Lipinski definition) is 1. The van der Waals surface area contributed by atoms with Crippen LogP contribution in [0.3, 0.4) is 0 Å². The van der Waals surface area contributed by atoms with Crippen molar-refractivity contribution in [1.29, 1.82) is 0 Å². The summed E-state index contributed by atoms with van der Waals surface area (Å²) in [5, 5.41) is 5.32. The highest BCUT2D eigenvalue weighted by Gasteiger charge is 2.19. The summed E-state index contributed by atoms with van der Waals surface area (Å²) in [6.45, 7) is 2.78. The maximum Gasteiger partial charge on any atom is 0.132 e. The zero-order valence-electron chi connectivity index (χ0n) is 10.7. The van der Waals surface area contributed by atoms with Gasteiger partial charge in [0.25, 0.3) is 0 Å². The molecule has 2 rings (SSSR count). The maximum absolute atomic E-state index is 14.2. The van der Waals surface area contributed by atoms with E-state index in [1.807, 2.05) is 18.4 Å². The molecule has 1 aromatic heterocycles. The summed E-state index contributed by atoms with van der Waals surface area (Å²) in [6.07, 6.45) is 0. The van der Waals surface area contributed by atoms with Crippen molar-refractivity contribution in [3.8, 4) is 5.75 Å². The van der Waals surface area contributed by atoms with E-state index >= 15 is 0 Å². The molecule has 1 N–H and O–H groups in total. The first-order valence-electron chi connectivity index (χ1n) is 5.96. The Labute approximate surface area is 124 Å². The van der Waals surface area contributed by atoms with Gasteiger partial charge in [-0.25, -0.2) is 4.39 Å². The normalized spacial score (nSPS) is 12.4. The van der Waals surface area contributed by atoms with Crippen LogP contribution in [0, 0.1) is 5.82 Å². The number of ether oxygens (including phenoxy) is 1. The van der Waals surface area contributed by atoms with E-state index in [0.717, 1.165) is 15.9 Å². The van der Waals surface area contributed by atoms with Crippen molar-refractivity contribution < 1.29 is 9.13 Å².